The molecule has 1 aliphatic rings. The summed E-state index contributed by atoms with van der Waals surface area (Å²) >= 11 is 1.50. The monoisotopic (exact) mass is 254 g/mol. The number of nitrogens with zero attached hydrogens (tertiary/aromatic N) is 2. The fourth-order valence-corrected chi connectivity index (χ4v) is 2.13. The lowest BCUT2D eigenvalue weighted by molar-refractivity contribution is -0.0202. The molecule has 5 nitrogen and oxygen atoms in total. The molecule has 0 saturated heterocycles. The van der Waals surface area contributed by atoms with E-state index >= 15 is 0 Å². The van der Waals surface area contributed by atoms with Gasteiger partial charge in [0.2, 0.25) is 0 Å². The molecule has 0 aliphatic heterocycles. The normalized spacial score (nSPS) is 17.4. The molecule has 17 heavy (non-hydrogen) atoms. The Kier molecular flexibility index (Phi) is 3.73. The minimum absolute atomic E-state index is 0.537. The van der Waals surface area contributed by atoms with E-state index < -0.39 is 5.60 Å². The Labute approximate surface area is 105 Å². The zero-order valence-electron chi connectivity index (χ0n) is 10.2. The van der Waals surface area contributed by atoms with E-state index in [4.69, 9.17) is 0 Å². The molecule has 0 aromatic carbocycles. The van der Waals surface area contributed by atoms with Gasteiger partial charge in [0, 0.05) is 19.7 Å². The Morgan fingerprint density at radius 3 is 2.65 bits per heavy atom. The van der Waals surface area contributed by atoms with Gasteiger partial charge >= 0.3 is 0 Å². The van der Waals surface area contributed by atoms with Gasteiger partial charge in [-0.2, -0.15) is 0 Å². The number of hydrogen-bond donors (Lipinski definition) is 3. The molecule has 1 aromatic heterocycles. The lowest BCUT2D eigenvalue weighted by Crippen LogP contribution is -2.43. The summed E-state index contributed by atoms with van der Waals surface area (Å²) < 4.78 is 0. The molecule has 2 rings (SSSR count). The van der Waals surface area contributed by atoms with Crippen molar-refractivity contribution in [3.8, 4) is 0 Å². The van der Waals surface area contributed by atoms with Gasteiger partial charge in [-0.3, -0.25) is 0 Å². The maximum absolute atomic E-state index is 10.00. The molecule has 0 spiro atoms. The predicted molar refractivity (Wildman–Crippen MR) is 70.7 cm³/mol. The highest BCUT2D eigenvalue weighted by molar-refractivity contribution is 7.98. The second-order valence-electron chi connectivity index (χ2n) is 4.31. The zero-order chi connectivity index (χ0) is 12.3. The Bertz CT molecular complexity index is 373. The average Bonchev–Trinajstić information content (AvgIpc) is 2.33. The van der Waals surface area contributed by atoms with E-state index in [2.05, 4.69) is 20.6 Å². The summed E-state index contributed by atoms with van der Waals surface area (Å²) in [7, 11) is 1.83. The molecule has 6 heteroatoms. The van der Waals surface area contributed by atoms with Crippen LogP contribution in [0.3, 0.4) is 0 Å². The van der Waals surface area contributed by atoms with Crippen molar-refractivity contribution in [1.29, 1.82) is 0 Å². The van der Waals surface area contributed by atoms with E-state index in [0.717, 1.165) is 36.1 Å². The molecule has 0 unspecified atom stereocenters. The van der Waals surface area contributed by atoms with E-state index in [1.807, 2.05) is 19.4 Å². The van der Waals surface area contributed by atoms with E-state index in [1.165, 1.54) is 11.8 Å². The number of thioether (sulfide) groups is 1. The van der Waals surface area contributed by atoms with Crippen LogP contribution in [0.1, 0.15) is 19.3 Å². The Hall–Kier alpha value is -1.01. The Balaban J connectivity index is 2.03. The van der Waals surface area contributed by atoms with Crippen LogP contribution in [0, 0.1) is 0 Å². The van der Waals surface area contributed by atoms with Crippen LogP contribution in [0.5, 0.6) is 0 Å². The van der Waals surface area contributed by atoms with Gasteiger partial charge in [0.15, 0.2) is 5.16 Å². The maximum Gasteiger partial charge on any atom is 0.191 e. The average molecular weight is 254 g/mol. The number of aromatic nitrogens is 2. The van der Waals surface area contributed by atoms with Crippen molar-refractivity contribution in [2.24, 2.45) is 0 Å². The minimum atomic E-state index is -0.537. The zero-order valence-corrected chi connectivity index (χ0v) is 11.0. The number of rotatable bonds is 5. The van der Waals surface area contributed by atoms with Crippen molar-refractivity contribution in [2.45, 2.75) is 30.0 Å². The van der Waals surface area contributed by atoms with Gasteiger partial charge in [-0.1, -0.05) is 11.8 Å². The molecule has 1 saturated carbocycles. The summed E-state index contributed by atoms with van der Waals surface area (Å²) in [5.74, 6) is 1.54. The smallest absolute Gasteiger partial charge is 0.191 e. The van der Waals surface area contributed by atoms with E-state index in [9.17, 15) is 5.11 Å². The molecular formula is C11H18N4OS. The predicted octanol–water partition coefficient (Wildman–Crippen LogP) is 1.57. The van der Waals surface area contributed by atoms with Crippen LogP contribution >= 0.6 is 11.8 Å². The second-order valence-corrected chi connectivity index (χ2v) is 5.08. The molecule has 3 N–H and O–H groups in total. The fourth-order valence-electron chi connectivity index (χ4n) is 1.75. The first-order chi connectivity index (χ1) is 8.15. The van der Waals surface area contributed by atoms with Crippen molar-refractivity contribution in [3.05, 3.63) is 6.07 Å². The summed E-state index contributed by atoms with van der Waals surface area (Å²) in [5.41, 5.74) is -0.537. The third kappa shape index (κ3) is 3.01. The van der Waals surface area contributed by atoms with Gasteiger partial charge in [-0.15, -0.1) is 0 Å². The third-order valence-electron chi connectivity index (χ3n) is 3.03. The van der Waals surface area contributed by atoms with Crippen LogP contribution < -0.4 is 10.6 Å². The summed E-state index contributed by atoms with van der Waals surface area (Å²) in [6.45, 7) is 0.557. The summed E-state index contributed by atoms with van der Waals surface area (Å²) in [6, 6.07) is 1.85. The SMILES string of the molecule is CNc1cc(NCC2(O)CCC2)nc(SC)n1. The molecular weight excluding hydrogens is 236 g/mol. The number of anilines is 2. The van der Waals surface area contributed by atoms with Crippen LogP contribution in [0.25, 0.3) is 0 Å². The maximum atomic E-state index is 10.00. The standard InChI is InChI=1S/C11H18N4OS/c1-12-8-6-9(15-10(14-8)17-2)13-7-11(16)4-3-5-11/h6,16H,3-5,7H2,1-2H3,(H2,12,13,14,15). The van der Waals surface area contributed by atoms with Gasteiger partial charge in [0.1, 0.15) is 11.6 Å². The number of nitrogens with one attached hydrogen (secondary N) is 2. The third-order valence-corrected chi connectivity index (χ3v) is 3.57. The fraction of sp³-hybridized carbons (Fsp3) is 0.636. The molecule has 1 aromatic rings. The summed E-state index contributed by atoms with van der Waals surface area (Å²) in [4.78, 5) is 8.64. The first-order valence-electron chi connectivity index (χ1n) is 5.72. The number of aliphatic hydroxyl groups is 1. The molecule has 0 bridgehead atoms. The van der Waals surface area contributed by atoms with Gasteiger partial charge in [0.05, 0.1) is 5.60 Å². The highest BCUT2D eigenvalue weighted by Crippen LogP contribution is 2.31. The van der Waals surface area contributed by atoms with E-state index in [-0.39, 0.29) is 0 Å². The largest absolute Gasteiger partial charge is 0.388 e. The lowest BCUT2D eigenvalue weighted by Gasteiger charge is -2.36. The molecule has 0 amide bonds. The highest BCUT2D eigenvalue weighted by Gasteiger charge is 2.34. The van der Waals surface area contributed by atoms with Gasteiger partial charge in [-0.25, -0.2) is 9.97 Å². The first kappa shape index (κ1) is 12.4. The number of hydrogen-bond acceptors (Lipinski definition) is 6. The second kappa shape index (κ2) is 5.10. The molecule has 1 aliphatic carbocycles. The van der Waals surface area contributed by atoms with E-state index in [1.54, 1.807) is 0 Å². The Morgan fingerprint density at radius 2 is 2.12 bits per heavy atom. The Morgan fingerprint density at radius 1 is 1.41 bits per heavy atom. The molecule has 94 valence electrons. The molecule has 1 heterocycles. The quantitative estimate of drug-likeness (QED) is 0.547. The van der Waals surface area contributed by atoms with Crippen LogP contribution in [-0.4, -0.2) is 40.5 Å². The van der Waals surface area contributed by atoms with Crippen molar-refractivity contribution >= 4 is 23.4 Å². The minimum Gasteiger partial charge on any atom is -0.388 e. The first-order valence-corrected chi connectivity index (χ1v) is 6.95. The summed E-state index contributed by atoms with van der Waals surface area (Å²) in [6.07, 6.45) is 4.80. The van der Waals surface area contributed by atoms with Crippen LogP contribution in [0.4, 0.5) is 11.6 Å². The highest BCUT2D eigenvalue weighted by atomic mass is 32.2. The summed E-state index contributed by atoms with van der Waals surface area (Å²) in [5, 5.41) is 16.9. The van der Waals surface area contributed by atoms with Crippen molar-refractivity contribution in [1.82, 2.24) is 9.97 Å². The lowest BCUT2D eigenvalue weighted by atomic mass is 9.80. The van der Waals surface area contributed by atoms with Gasteiger partial charge in [0.25, 0.3) is 0 Å². The van der Waals surface area contributed by atoms with Crippen molar-refractivity contribution in [3.63, 3.8) is 0 Å². The van der Waals surface area contributed by atoms with Crippen LogP contribution in [-0.2, 0) is 0 Å². The molecule has 0 radical (unpaired) electrons. The van der Waals surface area contributed by atoms with Crippen LogP contribution in [0.2, 0.25) is 0 Å². The van der Waals surface area contributed by atoms with Gasteiger partial charge in [-0.05, 0) is 25.5 Å². The molecule has 1 fully saturated rings. The van der Waals surface area contributed by atoms with Crippen molar-refractivity contribution < 1.29 is 5.11 Å². The molecule has 0 atom stereocenters. The topological polar surface area (TPSA) is 70.1 Å². The van der Waals surface area contributed by atoms with E-state index in [0.29, 0.717) is 6.54 Å². The van der Waals surface area contributed by atoms with Crippen LogP contribution in [0.15, 0.2) is 11.2 Å². The van der Waals surface area contributed by atoms with Gasteiger partial charge < -0.3 is 15.7 Å². The van der Waals surface area contributed by atoms with Crippen molar-refractivity contribution in [2.75, 3.05) is 30.5 Å².